The molecule has 1 aromatic heterocycles. The first-order valence-electron chi connectivity index (χ1n) is 10.6. The zero-order valence-electron chi connectivity index (χ0n) is 19.0. The lowest BCUT2D eigenvalue weighted by atomic mass is 10.0. The van der Waals surface area contributed by atoms with Crippen LogP contribution in [0.3, 0.4) is 0 Å². The highest BCUT2D eigenvalue weighted by Crippen LogP contribution is 2.18. The van der Waals surface area contributed by atoms with E-state index in [0.29, 0.717) is 29.0 Å². The first-order valence-corrected chi connectivity index (χ1v) is 12.1. The van der Waals surface area contributed by atoms with E-state index in [9.17, 15) is 18.0 Å². The van der Waals surface area contributed by atoms with Crippen molar-refractivity contribution < 1.29 is 17.9 Å². The smallest absolute Gasteiger partial charge is 0.258 e. The van der Waals surface area contributed by atoms with Crippen LogP contribution in [0.4, 0.5) is 0 Å². The van der Waals surface area contributed by atoms with Gasteiger partial charge < -0.3 is 14.6 Å². The number of hydrogen-bond donors (Lipinski definition) is 2. The fourth-order valence-electron chi connectivity index (χ4n) is 3.39. The molecular weight excluding hydrogens is 444 g/mol. The monoisotopic (exact) mass is 472 g/mol. The number of ether oxygens (including phenoxy) is 1. The van der Waals surface area contributed by atoms with Gasteiger partial charge in [0.25, 0.3) is 5.56 Å². The average Bonchev–Trinajstić information content (AvgIpc) is 2.80. The second-order valence-electron chi connectivity index (χ2n) is 7.90. The third kappa shape index (κ3) is 5.58. The lowest BCUT2D eigenvalue weighted by Crippen LogP contribution is -2.51. The van der Waals surface area contributed by atoms with Gasteiger partial charge in [0.2, 0.25) is 15.9 Å². The van der Waals surface area contributed by atoms with Crippen molar-refractivity contribution in [2.45, 2.75) is 38.3 Å². The predicted octanol–water partition coefficient (Wildman–Crippen LogP) is 2.28. The number of likely N-dealkylation sites (N-methyl/N-ethyl adjacent to an activating group) is 1. The van der Waals surface area contributed by atoms with Crippen molar-refractivity contribution >= 4 is 26.8 Å². The number of aromatic nitrogens is 2. The molecule has 1 amide bonds. The molecule has 0 aliphatic carbocycles. The number of H-pyrrole nitrogens is 1. The summed E-state index contributed by atoms with van der Waals surface area (Å²) in [5, 5.41) is 0.461. The third-order valence-corrected chi connectivity index (χ3v) is 6.74. The quantitative estimate of drug-likeness (QED) is 0.493. The van der Waals surface area contributed by atoms with Gasteiger partial charge in [-0.3, -0.25) is 9.59 Å². The summed E-state index contributed by atoms with van der Waals surface area (Å²) in [7, 11) is -2.46. The summed E-state index contributed by atoms with van der Waals surface area (Å²) in [6.07, 6.45) is 0. The molecular formula is C23H28N4O5S. The maximum absolute atomic E-state index is 13.3. The van der Waals surface area contributed by atoms with Crippen LogP contribution in [0.15, 0.2) is 58.2 Å². The van der Waals surface area contributed by atoms with Gasteiger partial charge >= 0.3 is 0 Å². The first kappa shape index (κ1) is 24.4. The minimum atomic E-state index is -3.95. The van der Waals surface area contributed by atoms with E-state index in [2.05, 4.69) is 14.7 Å². The highest BCUT2D eigenvalue weighted by atomic mass is 32.2. The Bertz CT molecular complexity index is 1290. The summed E-state index contributed by atoms with van der Waals surface area (Å²) in [5.41, 5.74) is 0.236. The molecule has 2 N–H and O–H groups in total. The zero-order valence-corrected chi connectivity index (χ0v) is 19.8. The minimum absolute atomic E-state index is 0.0327. The average molecular weight is 473 g/mol. The fourth-order valence-corrected chi connectivity index (χ4v) is 4.73. The van der Waals surface area contributed by atoms with Gasteiger partial charge in [-0.25, -0.2) is 13.4 Å². The Kier molecular flexibility index (Phi) is 7.50. The molecule has 33 heavy (non-hydrogen) atoms. The molecule has 176 valence electrons. The number of methoxy groups -OCH3 is 1. The summed E-state index contributed by atoms with van der Waals surface area (Å²) in [6.45, 7) is 5.67. The van der Waals surface area contributed by atoms with E-state index in [4.69, 9.17) is 4.74 Å². The molecule has 2 aromatic carbocycles. The van der Waals surface area contributed by atoms with E-state index in [1.165, 1.54) is 24.1 Å². The lowest BCUT2D eigenvalue weighted by molar-refractivity contribution is -0.134. The van der Waals surface area contributed by atoms with Crippen LogP contribution in [0.1, 0.15) is 26.6 Å². The van der Waals surface area contributed by atoms with Gasteiger partial charge in [-0.1, -0.05) is 26.0 Å². The second kappa shape index (κ2) is 10.1. The number of rotatable bonds is 9. The number of benzene rings is 2. The van der Waals surface area contributed by atoms with Crippen LogP contribution < -0.4 is 15.0 Å². The van der Waals surface area contributed by atoms with Crippen LogP contribution in [-0.2, 0) is 21.4 Å². The molecule has 0 saturated heterocycles. The summed E-state index contributed by atoms with van der Waals surface area (Å²) in [4.78, 5) is 34.4. The number of nitrogens with zero attached hydrogens (tertiary/aromatic N) is 2. The summed E-state index contributed by atoms with van der Waals surface area (Å²) < 4.78 is 33.5. The Morgan fingerprint density at radius 2 is 1.82 bits per heavy atom. The molecule has 0 fully saturated rings. The molecule has 10 heteroatoms. The van der Waals surface area contributed by atoms with Gasteiger partial charge in [0.15, 0.2) is 0 Å². The van der Waals surface area contributed by atoms with Crippen LogP contribution in [0.25, 0.3) is 10.9 Å². The Morgan fingerprint density at radius 1 is 1.15 bits per heavy atom. The van der Waals surface area contributed by atoms with E-state index in [0.717, 1.165) is 0 Å². The van der Waals surface area contributed by atoms with Crippen molar-refractivity contribution in [2.75, 3.05) is 13.7 Å². The van der Waals surface area contributed by atoms with Crippen molar-refractivity contribution in [3.63, 3.8) is 0 Å². The number of hydrogen-bond acceptors (Lipinski definition) is 6. The summed E-state index contributed by atoms with van der Waals surface area (Å²) in [6, 6.07) is 11.9. The van der Waals surface area contributed by atoms with E-state index >= 15 is 0 Å². The van der Waals surface area contributed by atoms with Crippen molar-refractivity contribution in [2.24, 2.45) is 5.92 Å². The molecule has 0 aliphatic heterocycles. The number of nitrogens with one attached hydrogen (secondary N) is 2. The molecule has 3 rings (SSSR count). The van der Waals surface area contributed by atoms with Gasteiger partial charge in [0.1, 0.15) is 17.6 Å². The van der Waals surface area contributed by atoms with E-state index in [-0.39, 0.29) is 22.9 Å². The van der Waals surface area contributed by atoms with Crippen LogP contribution >= 0.6 is 0 Å². The number of aromatic amines is 1. The Hall–Kier alpha value is -3.24. The van der Waals surface area contributed by atoms with Crippen LogP contribution in [0.5, 0.6) is 5.75 Å². The highest BCUT2D eigenvalue weighted by Gasteiger charge is 2.31. The zero-order chi connectivity index (χ0) is 24.2. The Labute approximate surface area is 192 Å². The fraction of sp³-hybridized carbons (Fsp3) is 0.348. The van der Waals surface area contributed by atoms with E-state index in [1.54, 1.807) is 57.2 Å². The van der Waals surface area contributed by atoms with Gasteiger partial charge in [-0.15, -0.1) is 0 Å². The molecule has 0 spiro atoms. The molecule has 3 aromatic rings. The molecule has 0 unspecified atom stereocenters. The number of carbonyl (C=O) groups excluding carboxylic acids is 1. The number of para-hydroxylation sites is 1. The van der Waals surface area contributed by atoms with Crippen molar-refractivity contribution in [3.05, 3.63) is 64.7 Å². The predicted molar refractivity (Wildman–Crippen MR) is 125 cm³/mol. The Morgan fingerprint density at radius 3 is 2.42 bits per heavy atom. The van der Waals surface area contributed by atoms with Gasteiger partial charge in [0, 0.05) is 6.54 Å². The van der Waals surface area contributed by atoms with Crippen LogP contribution in [-0.4, -0.2) is 48.9 Å². The van der Waals surface area contributed by atoms with Crippen molar-refractivity contribution in [3.8, 4) is 5.75 Å². The summed E-state index contributed by atoms with van der Waals surface area (Å²) >= 11 is 0. The first-order chi connectivity index (χ1) is 15.7. The van der Waals surface area contributed by atoms with Gasteiger partial charge in [-0.05, 0) is 49.2 Å². The molecule has 0 radical (unpaired) electrons. The molecule has 1 atom stereocenters. The van der Waals surface area contributed by atoms with E-state index < -0.39 is 22.0 Å². The van der Waals surface area contributed by atoms with Gasteiger partial charge in [-0.2, -0.15) is 4.72 Å². The highest BCUT2D eigenvalue weighted by molar-refractivity contribution is 7.89. The van der Waals surface area contributed by atoms with Gasteiger partial charge in [0.05, 0.1) is 29.5 Å². The number of carbonyl (C=O) groups is 1. The Balaban J connectivity index is 1.84. The molecule has 0 aliphatic rings. The normalized spacial score (nSPS) is 12.6. The molecule has 0 saturated carbocycles. The topological polar surface area (TPSA) is 121 Å². The van der Waals surface area contributed by atoms with Crippen LogP contribution in [0, 0.1) is 5.92 Å². The number of amides is 1. The largest absolute Gasteiger partial charge is 0.497 e. The lowest BCUT2D eigenvalue weighted by Gasteiger charge is -2.28. The molecule has 9 nitrogen and oxygen atoms in total. The standard InChI is InChI=1S/C23H28N4O5S/c1-5-27(14-20-24-19-9-7-6-8-18(19)22(28)25-20)23(29)21(15(2)3)26-33(30,31)17-12-10-16(32-4)11-13-17/h6-13,15,21,26H,5,14H2,1-4H3,(H,24,25,28)/t21-/m0/s1. The van der Waals surface area contributed by atoms with E-state index in [1.807, 2.05) is 0 Å². The SMILES string of the molecule is CCN(Cc1nc2ccccc2c(=O)[nH]1)C(=O)[C@@H](NS(=O)(=O)c1ccc(OC)cc1)C(C)C. The number of sulfonamides is 1. The minimum Gasteiger partial charge on any atom is -0.497 e. The summed E-state index contributed by atoms with van der Waals surface area (Å²) in [5.74, 6) is 0.137. The maximum Gasteiger partial charge on any atom is 0.258 e. The maximum atomic E-state index is 13.3. The molecule has 0 bridgehead atoms. The molecule has 1 heterocycles. The van der Waals surface area contributed by atoms with Crippen molar-refractivity contribution in [1.29, 1.82) is 0 Å². The van der Waals surface area contributed by atoms with Crippen molar-refractivity contribution in [1.82, 2.24) is 19.6 Å². The number of fused-ring (bicyclic) bond motifs is 1. The third-order valence-electron chi connectivity index (χ3n) is 5.28. The van der Waals surface area contributed by atoms with Crippen LogP contribution in [0.2, 0.25) is 0 Å². The second-order valence-corrected chi connectivity index (χ2v) is 9.61.